The van der Waals surface area contributed by atoms with Gasteiger partial charge in [-0.15, -0.1) is 11.3 Å². The minimum absolute atomic E-state index is 0.0164. The number of carbonyl (C=O) groups is 2. The Kier molecular flexibility index (Phi) is 5.30. The van der Waals surface area contributed by atoms with E-state index < -0.39 is 6.03 Å². The van der Waals surface area contributed by atoms with Crippen molar-refractivity contribution in [3.63, 3.8) is 0 Å². The summed E-state index contributed by atoms with van der Waals surface area (Å²) in [5.74, 6) is -0.127. The van der Waals surface area contributed by atoms with E-state index in [1.54, 1.807) is 23.4 Å². The van der Waals surface area contributed by atoms with Gasteiger partial charge in [-0.05, 0) is 36.6 Å². The van der Waals surface area contributed by atoms with Gasteiger partial charge in [0.2, 0.25) is 0 Å². The summed E-state index contributed by atoms with van der Waals surface area (Å²) in [4.78, 5) is 31.0. The molecule has 3 amide bonds. The van der Waals surface area contributed by atoms with Crippen molar-refractivity contribution in [1.29, 1.82) is 0 Å². The summed E-state index contributed by atoms with van der Waals surface area (Å²) in [6, 6.07) is 4.80. The monoisotopic (exact) mass is 359 g/mol. The molecule has 1 aliphatic heterocycles. The van der Waals surface area contributed by atoms with E-state index in [2.05, 4.69) is 10.3 Å². The maximum atomic E-state index is 13.0. The number of nitrogens with zero attached hydrogens (tertiary/aromatic N) is 2. The number of nitrogens with one attached hydrogen (secondary N) is 1. The van der Waals surface area contributed by atoms with Crippen molar-refractivity contribution in [3.05, 3.63) is 36.2 Å². The van der Waals surface area contributed by atoms with Crippen LogP contribution in [0.25, 0.3) is 10.4 Å². The smallest absolute Gasteiger partial charge is 0.317 e. The Bertz CT molecular complexity index is 762. The minimum Gasteiger partial charge on any atom is -0.351 e. The number of amides is 3. The molecule has 25 heavy (non-hydrogen) atoms. The Morgan fingerprint density at radius 1 is 1.28 bits per heavy atom. The topological polar surface area (TPSA) is 114 Å². The lowest BCUT2D eigenvalue weighted by atomic mass is 10.1. The number of anilines is 1. The van der Waals surface area contributed by atoms with E-state index in [-0.39, 0.29) is 11.9 Å². The van der Waals surface area contributed by atoms with Crippen molar-refractivity contribution in [2.45, 2.75) is 25.3 Å². The lowest BCUT2D eigenvalue weighted by Crippen LogP contribution is -2.39. The Labute approximate surface area is 150 Å². The number of hydrogen-bond donors (Lipinski definition) is 3. The first-order valence-corrected chi connectivity index (χ1v) is 9.02. The molecule has 1 fully saturated rings. The van der Waals surface area contributed by atoms with Crippen LogP contribution in [0.15, 0.2) is 30.6 Å². The quantitative estimate of drug-likeness (QED) is 0.779. The van der Waals surface area contributed by atoms with Crippen LogP contribution < -0.4 is 16.8 Å². The normalized spacial score (nSPS) is 17.8. The molecule has 3 rings (SSSR count). The van der Waals surface area contributed by atoms with Gasteiger partial charge in [0, 0.05) is 36.4 Å². The standard InChI is InChI=1S/C17H21N5O2S/c18-12-3-1-2-8-22(10-12)16(23)13-9-14(11-4-6-20-7-5-11)25-15(13)21-17(19)24/h4-7,9,12H,1-3,8,10,18H2,(H3,19,21,24). The number of hydrogen-bond acceptors (Lipinski definition) is 5. The molecule has 0 aromatic carbocycles. The summed E-state index contributed by atoms with van der Waals surface area (Å²) in [5, 5.41) is 3.03. The molecular formula is C17H21N5O2S. The number of pyridine rings is 1. The fourth-order valence-electron chi connectivity index (χ4n) is 2.94. The number of likely N-dealkylation sites (tertiary alicyclic amines) is 1. The second-order valence-electron chi connectivity index (χ2n) is 6.09. The zero-order chi connectivity index (χ0) is 17.8. The Morgan fingerprint density at radius 2 is 2.04 bits per heavy atom. The second-order valence-corrected chi connectivity index (χ2v) is 7.14. The van der Waals surface area contributed by atoms with Crippen molar-refractivity contribution >= 4 is 28.3 Å². The third-order valence-electron chi connectivity index (χ3n) is 4.16. The molecular weight excluding hydrogens is 338 g/mol. The molecule has 1 aliphatic rings. The van der Waals surface area contributed by atoms with Gasteiger partial charge >= 0.3 is 6.03 Å². The fraction of sp³-hybridized carbons (Fsp3) is 0.353. The first-order chi connectivity index (χ1) is 12.0. The summed E-state index contributed by atoms with van der Waals surface area (Å²) < 4.78 is 0. The van der Waals surface area contributed by atoms with Crippen molar-refractivity contribution < 1.29 is 9.59 Å². The van der Waals surface area contributed by atoms with E-state index in [9.17, 15) is 9.59 Å². The van der Waals surface area contributed by atoms with Gasteiger partial charge in [0.1, 0.15) is 5.00 Å². The third kappa shape index (κ3) is 4.15. The molecule has 5 N–H and O–H groups in total. The van der Waals surface area contributed by atoms with Crippen LogP contribution in [0.2, 0.25) is 0 Å². The maximum Gasteiger partial charge on any atom is 0.317 e. The minimum atomic E-state index is -0.690. The van der Waals surface area contributed by atoms with E-state index in [4.69, 9.17) is 11.5 Å². The van der Waals surface area contributed by atoms with Gasteiger partial charge in [-0.25, -0.2) is 4.79 Å². The highest BCUT2D eigenvalue weighted by Crippen LogP contribution is 2.36. The summed E-state index contributed by atoms with van der Waals surface area (Å²) in [6.07, 6.45) is 6.24. The number of urea groups is 1. The molecule has 0 saturated carbocycles. The zero-order valence-corrected chi connectivity index (χ0v) is 14.6. The molecule has 7 nitrogen and oxygen atoms in total. The van der Waals surface area contributed by atoms with Crippen LogP contribution in [0.5, 0.6) is 0 Å². The molecule has 3 heterocycles. The largest absolute Gasteiger partial charge is 0.351 e. The first kappa shape index (κ1) is 17.4. The van der Waals surface area contributed by atoms with Crippen molar-refractivity contribution in [3.8, 4) is 10.4 Å². The van der Waals surface area contributed by atoms with Crippen molar-refractivity contribution in [2.24, 2.45) is 11.5 Å². The van der Waals surface area contributed by atoms with Gasteiger partial charge in [-0.1, -0.05) is 6.42 Å². The number of nitrogens with two attached hydrogens (primary N) is 2. The molecule has 2 aromatic heterocycles. The number of thiophene rings is 1. The molecule has 2 aromatic rings. The van der Waals surface area contributed by atoms with Crippen LogP contribution >= 0.6 is 11.3 Å². The van der Waals surface area contributed by atoms with Gasteiger partial charge in [-0.2, -0.15) is 0 Å². The van der Waals surface area contributed by atoms with Crippen LogP contribution in [-0.4, -0.2) is 41.0 Å². The van der Waals surface area contributed by atoms with Crippen LogP contribution in [0, 0.1) is 0 Å². The Morgan fingerprint density at radius 3 is 2.76 bits per heavy atom. The molecule has 1 saturated heterocycles. The zero-order valence-electron chi connectivity index (χ0n) is 13.8. The molecule has 0 bridgehead atoms. The van der Waals surface area contributed by atoms with Crippen molar-refractivity contribution in [1.82, 2.24) is 9.88 Å². The van der Waals surface area contributed by atoms with Crippen molar-refractivity contribution in [2.75, 3.05) is 18.4 Å². The predicted octanol–water partition coefficient (Wildman–Crippen LogP) is 2.25. The highest BCUT2D eigenvalue weighted by molar-refractivity contribution is 7.20. The summed E-state index contributed by atoms with van der Waals surface area (Å²) in [7, 11) is 0. The van der Waals surface area contributed by atoms with Gasteiger partial charge in [-0.3, -0.25) is 15.1 Å². The molecule has 0 aliphatic carbocycles. The third-order valence-corrected chi connectivity index (χ3v) is 5.26. The summed E-state index contributed by atoms with van der Waals surface area (Å²) in [5.41, 5.74) is 12.7. The average Bonchev–Trinajstić information content (AvgIpc) is 2.87. The molecule has 1 unspecified atom stereocenters. The molecule has 1 atom stereocenters. The lowest BCUT2D eigenvalue weighted by Gasteiger charge is -2.22. The number of rotatable bonds is 3. The number of primary amides is 1. The van der Waals surface area contributed by atoms with Gasteiger partial charge in [0.05, 0.1) is 5.56 Å². The van der Waals surface area contributed by atoms with E-state index in [0.717, 1.165) is 29.7 Å². The summed E-state index contributed by atoms with van der Waals surface area (Å²) >= 11 is 1.32. The Hall–Kier alpha value is -2.45. The second kappa shape index (κ2) is 7.62. The molecule has 8 heteroatoms. The summed E-state index contributed by atoms with van der Waals surface area (Å²) in [6.45, 7) is 1.19. The van der Waals surface area contributed by atoms with E-state index in [1.165, 1.54) is 11.3 Å². The molecule has 132 valence electrons. The molecule has 0 spiro atoms. The van der Waals surface area contributed by atoms with Crippen LogP contribution in [-0.2, 0) is 0 Å². The highest BCUT2D eigenvalue weighted by atomic mass is 32.1. The SMILES string of the molecule is NC(=O)Nc1sc(-c2ccncc2)cc1C(=O)N1CCCCC(N)C1. The van der Waals surface area contributed by atoms with E-state index >= 15 is 0 Å². The van der Waals surface area contributed by atoms with Gasteiger partial charge in [0.15, 0.2) is 0 Å². The fourth-order valence-corrected chi connectivity index (χ4v) is 4.00. The maximum absolute atomic E-state index is 13.0. The Balaban J connectivity index is 1.94. The van der Waals surface area contributed by atoms with E-state index in [1.807, 2.05) is 12.1 Å². The van der Waals surface area contributed by atoms with E-state index in [0.29, 0.717) is 23.7 Å². The number of aromatic nitrogens is 1. The average molecular weight is 359 g/mol. The van der Waals surface area contributed by atoms with Gasteiger partial charge < -0.3 is 16.4 Å². The predicted molar refractivity (Wildman–Crippen MR) is 98.5 cm³/mol. The molecule has 0 radical (unpaired) electrons. The number of carbonyl (C=O) groups excluding carboxylic acids is 2. The first-order valence-electron chi connectivity index (χ1n) is 8.20. The van der Waals surface area contributed by atoms with Crippen LogP contribution in [0.1, 0.15) is 29.6 Å². The lowest BCUT2D eigenvalue weighted by molar-refractivity contribution is 0.0756. The van der Waals surface area contributed by atoms with Crippen LogP contribution in [0.4, 0.5) is 9.80 Å². The van der Waals surface area contributed by atoms with Crippen LogP contribution in [0.3, 0.4) is 0 Å². The van der Waals surface area contributed by atoms with Gasteiger partial charge in [0.25, 0.3) is 5.91 Å². The highest BCUT2D eigenvalue weighted by Gasteiger charge is 2.25.